The first-order valence-corrected chi connectivity index (χ1v) is 9.48. The highest BCUT2D eigenvalue weighted by Crippen LogP contribution is 2.25. The monoisotopic (exact) mass is 380 g/mol. The van der Waals surface area contributed by atoms with Gasteiger partial charge in [-0.2, -0.15) is 5.10 Å². The van der Waals surface area contributed by atoms with Gasteiger partial charge in [0.25, 0.3) is 0 Å². The Hall–Kier alpha value is -2.47. The van der Waals surface area contributed by atoms with Crippen LogP contribution in [0.1, 0.15) is 10.4 Å². The molecule has 2 aromatic heterocycles. The van der Waals surface area contributed by atoms with Crippen LogP contribution in [0.2, 0.25) is 5.02 Å². The Morgan fingerprint density at radius 2 is 1.73 bits per heavy atom. The first kappa shape index (κ1) is 17.0. The maximum absolute atomic E-state index is 5.97. The van der Waals surface area contributed by atoms with Crippen LogP contribution in [-0.4, -0.2) is 15.2 Å². The molecule has 0 amide bonds. The first-order chi connectivity index (χ1) is 12.8. The number of rotatable bonds is 6. The molecule has 130 valence electrons. The maximum Gasteiger partial charge on any atom is 0.123 e. The second kappa shape index (κ2) is 7.83. The molecule has 0 fully saturated rings. The van der Waals surface area contributed by atoms with Crippen LogP contribution in [0.5, 0.6) is 0 Å². The molecule has 0 aliphatic carbocycles. The number of halogens is 1. The van der Waals surface area contributed by atoms with Crippen LogP contribution in [0.15, 0.2) is 67.0 Å². The van der Waals surface area contributed by atoms with E-state index in [0.29, 0.717) is 0 Å². The van der Waals surface area contributed by atoms with Crippen LogP contribution in [0.4, 0.5) is 0 Å². The molecule has 2 aromatic carbocycles. The fourth-order valence-corrected chi connectivity index (χ4v) is 3.75. The van der Waals surface area contributed by atoms with E-state index in [0.717, 1.165) is 45.5 Å². The van der Waals surface area contributed by atoms with Gasteiger partial charge in [0.15, 0.2) is 0 Å². The average molecular weight is 381 g/mol. The van der Waals surface area contributed by atoms with E-state index in [1.54, 1.807) is 11.3 Å². The third-order valence-electron chi connectivity index (χ3n) is 4.04. The van der Waals surface area contributed by atoms with Crippen molar-refractivity contribution in [2.45, 2.75) is 13.1 Å². The third kappa shape index (κ3) is 3.85. The molecule has 26 heavy (non-hydrogen) atoms. The van der Waals surface area contributed by atoms with Crippen molar-refractivity contribution >= 4 is 22.9 Å². The molecule has 0 unspecified atom stereocenters. The molecule has 0 aliphatic rings. The van der Waals surface area contributed by atoms with E-state index in [1.807, 2.05) is 54.9 Å². The fourth-order valence-electron chi connectivity index (χ4n) is 2.74. The van der Waals surface area contributed by atoms with Crippen molar-refractivity contribution in [3.63, 3.8) is 0 Å². The minimum absolute atomic E-state index is 0.729. The number of hydrogen-bond donors (Lipinski definition) is 2. The van der Waals surface area contributed by atoms with E-state index >= 15 is 0 Å². The zero-order valence-electron chi connectivity index (χ0n) is 13.9. The molecular formula is C20H17ClN4S. The van der Waals surface area contributed by atoms with Crippen LogP contribution in [-0.2, 0) is 13.1 Å². The molecule has 2 N–H and O–H groups in total. The molecule has 0 bridgehead atoms. The van der Waals surface area contributed by atoms with Crippen molar-refractivity contribution < 1.29 is 0 Å². The van der Waals surface area contributed by atoms with Crippen molar-refractivity contribution in [2.75, 3.05) is 0 Å². The van der Waals surface area contributed by atoms with E-state index in [2.05, 4.69) is 32.6 Å². The molecule has 4 nitrogen and oxygen atoms in total. The lowest BCUT2D eigenvalue weighted by atomic mass is 10.1. The predicted octanol–water partition coefficient (Wildman–Crippen LogP) is 5.14. The van der Waals surface area contributed by atoms with Gasteiger partial charge in [0.2, 0.25) is 0 Å². The van der Waals surface area contributed by atoms with Gasteiger partial charge >= 0.3 is 0 Å². The van der Waals surface area contributed by atoms with Crippen LogP contribution < -0.4 is 5.32 Å². The van der Waals surface area contributed by atoms with E-state index in [1.165, 1.54) is 4.88 Å². The number of aromatic amines is 1. The van der Waals surface area contributed by atoms with Crippen molar-refractivity contribution in [3.8, 4) is 21.8 Å². The number of aromatic nitrogens is 3. The number of nitrogens with zero attached hydrogens (tertiary/aromatic N) is 2. The Morgan fingerprint density at radius 3 is 2.54 bits per heavy atom. The van der Waals surface area contributed by atoms with Crippen molar-refractivity contribution in [1.82, 2.24) is 20.5 Å². The molecular weight excluding hydrogens is 364 g/mol. The molecule has 4 aromatic rings. The predicted molar refractivity (Wildman–Crippen MR) is 107 cm³/mol. The molecule has 6 heteroatoms. The molecule has 0 radical (unpaired) electrons. The summed E-state index contributed by atoms with van der Waals surface area (Å²) in [7, 11) is 0. The Bertz CT molecular complexity index is 976. The molecule has 2 heterocycles. The summed E-state index contributed by atoms with van der Waals surface area (Å²) in [6.07, 6.45) is 3.80. The summed E-state index contributed by atoms with van der Waals surface area (Å²) >= 11 is 7.68. The molecule has 0 atom stereocenters. The standard InChI is InChI=1S/C20H17ClN4S/c21-17-8-6-14(7-9-17)19-16(11-24-25-19)10-22-12-18-13-23-20(26-18)15-4-2-1-3-5-15/h1-9,11,13,22H,10,12H2,(H,24,25). The van der Waals surface area contributed by atoms with Crippen molar-refractivity contribution in [3.05, 3.63) is 82.5 Å². The number of thiazole rings is 1. The van der Waals surface area contributed by atoms with Gasteiger partial charge in [-0.05, 0) is 17.7 Å². The van der Waals surface area contributed by atoms with Gasteiger partial charge < -0.3 is 5.32 Å². The normalized spacial score (nSPS) is 11.0. The summed E-state index contributed by atoms with van der Waals surface area (Å²) in [4.78, 5) is 5.73. The van der Waals surface area contributed by atoms with Crippen molar-refractivity contribution in [2.24, 2.45) is 0 Å². The summed E-state index contributed by atoms with van der Waals surface area (Å²) in [5.41, 5.74) is 4.38. The van der Waals surface area contributed by atoms with Gasteiger partial charge in [-0.3, -0.25) is 5.10 Å². The summed E-state index contributed by atoms with van der Waals surface area (Å²) in [6.45, 7) is 1.50. The van der Waals surface area contributed by atoms with Gasteiger partial charge in [-0.15, -0.1) is 11.3 Å². The number of H-pyrrole nitrogens is 1. The molecule has 0 saturated heterocycles. The zero-order chi connectivity index (χ0) is 17.8. The minimum Gasteiger partial charge on any atom is -0.308 e. The fraction of sp³-hybridized carbons (Fsp3) is 0.100. The van der Waals surface area contributed by atoms with Crippen LogP contribution in [0, 0.1) is 0 Å². The van der Waals surface area contributed by atoms with E-state index in [-0.39, 0.29) is 0 Å². The summed E-state index contributed by atoms with van der Waals surface area (Å²) in [6, 6.07) is 18.0. The molecule has 0 aliphatic heterocycles. The number of benzene rings is 2. The van der Waals surface area contributed by atoms with Crippen LogP contribution >= 0.6 is 22.9 Å². The Kier molecular flexibility index (Phi) is 5.11. The third-order valence-corrected chi connectivity index (χ3v) is 5.34. The SMILES string of the molecule is Clc1ccc(-c2[nH]ncc2CNCc2cnc(-c3ccccc3)s2)cc1. The average Bonchev–Trinajstić information content (AvgIpc) is 3.33. The van der Waals surface area contributed by atoms with Gasteiger partial charge in [-0.25, -0.2) is 4.98 Å². The highest BCUT2D eigenvalue weighted by Gasteiger charge is 2.08. The molecule has 0 spiro atoms. The molecule has 0 saturated carbocycles. The lowest BCUT2D eigenvalue weighted by molar-refractivity contribution is 0.701. The van der Waals surface area contributed by atoms with Crippen LogP contribution in [0.25, 0.3) is 21.8 Å². The second-order valence-electron chi connectivity index (χ2n) is 5.88. The van der Waals surface area contributed by atoms with Crippen LogP contribution in [0.3, 0.4) is 0 Å². The van der Waals surface area contributed by atoms with E-state index in [9.17, 15) is 0 Å². The smallest absolute Gasteiger partial charge is 0.123 e. The maximum atomic E-state index is 5.97. The largest absolute Gasteiger partial charge is 0.308 e. The van der Waals surface area contributed by atoms with Gasteiger partial charge in [0.1, 0.15) is 5.01 Å². The Balaban J connectivity index is 1.39. The zero-order valence-corrected chi connectivity index (χ0v) is 15.5. The highest BCUT2D eigenvalue weighted by atomic mass is 35.5. The minimum atomic E-state index is 0.729. The summed E-state index contributed by atoms with van der Waals surface area (Å²) < 4.78 is 0. The van der Waals surface area contributed by atoms with Gasteiger partial charge in [-0.1, -0.05) is 54.1 Å². The first-order valence-electron chi connectivity index (χ1n) is 8.28. The number of hydrogen-bond acceptors (Lipinski definition) is 4. The Morgan fingerprint density at radius 1 is 0.923 bits per heavy atom. The van der Waals surface area contributed by atoms with E-state index < -0.39 is 0 Å². The van der Waals surface area contributed by atoms with Gasteiger partial charge in [0, 0.05) is 40.3 Å². The van der Waals surface area contributed by atoms with Gasteiger partial charge in [0.05, 0.1) is 11.9 Å². The topological polar surface area (TPSA) is 53.6 Å². The summed E-state index contributed by atoms with van der Waals surface area (Å²) in [5.74, 6) is 0. The highest BCUT2D eigenvalue weighted by molar-refractivity contribution is 7.15. The lowest BCUT2D eigenvalue weighted by Gasteiger charge is -2.05. The quantitative estimate of drug-likeness (QED) is 0.486. The second-order valence-corrected chi connectivity index (χ2v) is 7.43. The lowest BCUT2D eigenvalue weighted by Crippen LogP contribution is -2.11. The van der Waals surface area contributed by atoms with Crippen molar-refractivity contribution in [1.29, 1.82) is 0 Å². The number of nitrogens with one attached hydrogen (secondary N) is 2. The molecule has 4 rings (SSSR count). The van der Waals surface area contributed by atoms with E-state index in [4.69, 9.17) is 11.6 Å². The Labute approximate surface area is 160 Å². The summed E-state index contributed by atoms with van der Waals surface area (Å²) in [5, 5.41) is 12.5.